The van der Waals surface area contributed by atoms with Crippen LogP contribution in [0.3, 0.4) is 0 Å². The van der Waals surface area contributed by atoms with E-state index in [2.05, 4.69) is 5.10 Å². The highest BCUT2D eigenvalue weighted by Crippen LogP contribution is 2.11. The molecule has 0 radical (unpaired) electrons. The third kappa shape index (κ3) is 2.07. The second kappa shape index (κ2) is 3.61. The van der Waals surface area contributed by atoms with Gasteiger partial charge in [0.15, 0.2) is 0 Å². The Morgan fingerprint density at radius 1 is 1.27 bits per heavy atom. The Morgan fingerprint density at radius 3 is 2.67 bits per heavy atom. The van der Waals surface area contributed by atoms with Crippen LogP contribution >= 0.6 is 0 Å². The van der Waals surface area contributed by atoms with Gasteiger partial charge < -0.3 is 11.5 Å². The van der Waals surface area contributed by atoms with Crippen LogP contribution in [0.25, 0.3) is 0 Å². The number of halogens is 1. The number of aromatic nitrogens is 2. The second-order valence-corrected chi connectivity index (χ2v) is 3.28. The molecule has 4 nitrogen and oxygen atoms in total. The molecule has 1 aromatic heterocycles. The maximum absolute atomic E-state index is 12.9. The first kappa shape index (κ1) is 9.51. The van der Waals surface area contributed by atoms with E-state index in [0.717, 1.165) is 5.56 Å². The molecule has 0 amide bonds. The number of hydrogen-bond acceptors (Lipinski definition) is 3. The van der Waals surface area contributed by atoms with Crippen LogP contribution in [-0.2, 0) is 6.54 Å². The summed E-state index contributed by atoms with van der Waals surface area (Å²) in [6.07, 6.45) is 0. The number of nitrogens with two attached hydrogens (primary N) is 2. The topological polar surface area (TPSA) is 69.9 Å². The van der Waals surface area contributed by atoms with Crippen molar-refractivity contribution in [3.63, 3.8) is 0 Å². The average Bonchev–Trinajstić information content (AvgIpc) is 2.45. The Kier molecular flexibility index (Phi) is 2.29. The van der Waals surface area contributed by atoms with E-state index in [0.29, 0.717) is 18.2 Å². The summed E-state index contributed by atoms with van der Waals surface area (Å²) in [4.78, 5) is 0. The zero-order valence-electron chi connectivity index (χ0n) is 8.02. The molecule has 78 valence electrons. The summed E-state index contributed by atoms with van der Waals surface area (Å²) in [5, 5.41) is 3.98. The maximum Gasteiger partial charge on any atom is 0.147 e. The molecule has 2 aromatic rings. The Hall–Kier alpha value is -2.04. The van der Waals surface area contributed by atoms with Gasteiger partial charge in [0.1, 0.15) is 17.5 Å². The monoisotopic (exact) mass is 206 g/mol. The maximum atomic E-state index is 12.9. The molecule has 0 bridgehead atoms. The molecule has 5 heteroatoms. The highest BCUT2D eigenvalue weighted by atomic mass is 19.1. The third-order valence-corrected chi connectivity index (χ3v) is 2.05. The smallest absolute Gasteiger partial charge is 0.147 e. The number of rotatable bonds is 2. The number of hydrogen-bond donors (Lipinski definition) is 2. The van der Waals surface area contributed by atoms with Crippen LogP contribution < -0.4 is 11.5 Å². The predicted molar refractivity (Wildman–Crippen MR) is 56.6 cm³/mol. The SMILES string of the molecule is Nc1cc(N)n(Cc2cccc(F)c2)n1. The zero-order valence-corrected chi connectivity index (χ0v) is 8.02. The van der Waals surface area contributed by atoms with Gasteiger partial charge in [0, 0.05) is 6.07 Å². The average molecular weight is 206 g/mol. The van der Waals surface area contributed by atoms with E-state index in [1.165, 1.54) is 16.8 Å². The molecular formula is C10H11FN4. The third-order valence-electron chi connectivity index (χ3n) is 2.05. The van der Waals surface area contributed by atoms with E-state index in [4.69, 9.17) is 11.5 Å². The molecule has 0 spiro atoms. The lowest BCUT2D eigenvalue weighted by molar-refractivity contribution is 0.620. The van der Waals surface area contributed by atoms with Gasteiger partial charge in [-0.1, -0.05) is 12.1 Å². The molecule has 0 atom stereocenters. The van der Waals surface area contributed by atoms with Crippen molar-refractivity contribution in [2.45, 2.75) is 6.54 Å². The van der Waals surface area contributed by atoms with Gasteiger partial charge in [-0.3, -0.25) is 0 Å². The van der Waals surface area contributed by atoms with Crippen molar-refractivity contribution in [2.24, 2.45) is 0 Å². The van der Waals surface area contributed by atoms with E-state index in [1.807, 2.05) is 0 Å². The Morgan fingerprint density at radius 2 is 2.07 bits per heavy atom. The van der Waals surface area contributed by atoms with Crippen molar-refractivity contribution in [2.75, 3.05) is 11.5 Å². The summed E-state index contributed by atoms with van der Waals surface area (Å²) in [6, 6.07) is 7.86. The molecule has 0 aliphatic rings. The molecule has 1 aromatic carbocycles. The van der Waals surface area contributed by atoms with Crippen LogP contribution in [0.2, 0.25) is 0 Å². The summed E-state index contributed by atoms with van der Waals surface area (Å²) < 4.78 is 14.4. The van der Waals surface area contributed by atoms with Gasteiger partial charge >= 0.3 is 0 Å². The number of benzene rings is 1. The predicted octanol–water partition coefficient (Wildman–Crippen LogP) is 1.23. The van der Waals surface area contributed by atoms with Crippen LogP contribution in [0.1, 0.15) is 5.56 Å². The van der Waals surface area contributed by atoms with Gasteiger partial charge in [-0.05, 0) is 17.7 Å². The molecule has 0 saturated carbocycles. The number of nitrogens with zero attached hydrogens (tertiary/aromatic N) is 2. The molecule has 4 N–H and O–H groups in total. The Bertz CT molecular complexity index is 478. The summed E-state index contributed by atoms with van der Waals surface area (Å²) in [5.41, 5.74) is 11.9. The van der Waals surface area contributed by atoms with E-state index in [1.54, 1.807) is 18.2 Å². The Labute approximate surface area is 86.3 Å². The minimum atomic E-state index is -0.272. The molecular weight excluding hydrogens is 195 g/mol. The van der Waals surface area contributed by atoms with Gasteiger partial charge in [0.2, 0.25) is 0 Å². The normalized spacial score (nSPS) is 10.5. The molecule has 0 fully saturated rings. The van der Waals surface area contributed by atoms with Crippen LogP contribution in [-0.4, -0.2) is 9.78 Å². The van der Waals surface area contributed by atoms with E-state index in [9.17, 15) is 4.39 Å². The lowest BCUT2D eigenvalue weighted by Gasteiger charge is -2.03. The van der Waals surface area contributed by atoms with Gasteiger partial charge in [-0.2, -0.15) is 5.10 Å². The van der Waals surface area contributed by atoms with E-state index < -0.39 is 0 Å². The van der Waals surface area contributed by atoms with Gasteiger partial charge in [0.25, 0.3) is 0 Å². The molecule has 2 rings (SSSR count). The van der Waals surface area contributed by atoms with Crippen LogP contribution in [0.4, 0.5) is 16.0 Å². The van der Waals surface area contributed by atoms with Crippen molar-refractivity contribution in [3.05, 3.63) is 41.7 Å². The highest BCUT2D eigenvalue weighted by molar-refractivity contribution is 5.42. The summed E-state index contributed by atoms with van der Waals surface area (Å²) in [6.45, 7) is 0.417. The summed E-state index contributed by atoms with van der Waals surface area (Å²) in [5.74, 6) is 0.562. The lowest BCUT2D eigenvalue weighted by atomic mass is 10.2. The minimum Gasteiger partial charge on any atom is -0.384 e. The van der Waals surface area contributed by atoms with Crippen molar-refractivity contribution in [3.8, 4) is 0 Å². The fourth-order valence-electron chi connectivity index (χ4n) is 1.39. The van der Waals surface area contributed by atoms with Crippen LogP contribution in [0.15, 0.2) is 30.3 Å². The van der Waals surface area contributed by atoms with Crippen LogP contribution in [0, 0.1) is 5.82 Å². The van der Waals surface area contributed by atoms with Crippen molar-refractivity contribution in [1.82, 2.24) is 9.78 Å². The van der Waals surface area contributed by atoms with E-state index in [-0.39, 0.29) is 5.82 Å². The zero-order chi connectivity index (χ0) is 10.8. The van der Waals surface area contributed by atoms with Crippen molar-refractivity contribution < 1.29 is 4.39 Å². The minimum absolute atomic E-state index is 0.272. The molecule has 1 heterocycles. The van der Waals surface area contributed by atoms with E-state index >= 15 is 0 Å². The summed E-state index contributed by atoms with van der Waals surface area (Å²) in [7, 11) is 0. The van der Waals surface area contributed by atoms with Gasteiger partial charge in [0.05, 0.1) is 6.54 Å². The second-order valence-electron chi connectivity index (χ2n) is 3.28. The molecule has 0 saturated heterocycles. The fraction of sp³-hybridized carbons (Fsp3) is 0.100. The first-order valence-electron chi connectivity index (χ1n) is 4.48. The Balaban J connectivity index is 2.25. The largest absolute Gasteiger partial charge is 0.384 e. The number of nitrogen functional groups attached to an aromatic ring is 2. The highest BCUT2D eigenvalue weighted by Gasteiger charge is 2.03. The van der Waals surface area contributed by atoms with Crippen molar-refractivity contribution >= 4 is 11.6 Å². The van der Waals surface area contributed by atoms with Crippen LogP contribution in [0.5, 0.6) is 0 Å². The number of anilines is 2. The first-order chi connectivity index (χ1) is 7.15. The first-order valence-corrected chi connectivity index (χ1v) is 4.48. The molecule has 15 heavy (non-hydrogen) atoms. The van der Waals surface area contributed by atoms with Gasteiger partial charge in [-0.25, -0.2) is 9.07 Å². The van der Waals surface area contributed by atoms with Crippen molar-refractivity contribution in [1.29, 1.82) is 0 Å². The quantitative estimate of drug-likeness (QED) is 0.776. The standard InChI is InChI=1S/C10H11FN4/c11-8-3-1-2-7(4-8)6-15-10(13)5-9(12)14-15/h1-5H,6,13H2,(H2,12,14). The fourth-order valence-corrected chi connectivity index (χ4v) is 1.39. The molecule has 0 aliphatic heterocycles. The molecule has 0 unspecified atom stereocenters. The van der Waals surface area contributed by atoms with Gasteiger partial charge in [-0.15, -0.1) is 0 Å². The molecule has 0 aliphatic carbocycles. The lowest BCUT2D eigenvalue weighted by Crippen LogP contribution is -2.06. The summed E-state index contributed by atoms with van der Waals surface area (Å²) >= 11 is 0.